The fourth-order valence-electron chi connectivity index (χ4n) is 5.53. The van der Waals surface area contributed by atoms with Gasteiger partial charge in [0.1, 0.15) is 12.4 Å². The van der Waals surface area contributed by atoms with Gasteiger partial charge in [0.15, 0.2) is 11.5 Å². The molecule has 1 fully saturated rings. The normalized spacial score (nSPS) is 20.4. The van der Waals surface area contributed by atoms with Gasteiger partial charge in [0.05, 0.1) is 7.11 Å². The molecule has 4 heteroatoms. The molecule has 172 valence electrons. The third-order valence-electron chi connectivity index (χ3n) is 7.24. The Labute approximate surface area is 196 Å². The second-order valence-electron chi connectivity index (χ2n) is 9.22. The third-order valence-corrected chi connectivity index (χ3v) is 7.24. The van der Waals surface area contributed by atoms with Crippen LogP contribution in [-0.2, 0) is 6.42 Å². The van der Waals surface area contributed by atoms with Gasteiger partial charge < -0.3 is 14.6 Å². The summed E-state index contributed by atoms with van der Waals surface area (Å²) in [6, 6.07) is 23.3. The minimum atomic E-state index is 0.173. The molecule has 4 nitrogen and oxygen atoms in total. The van der Waals surface area contributed by atoms with Crippen LogP contribution in [0, 0.1) is 0 Å². The van der Waals surface area contributed by atoms with Gasteiger partial charge in [-0.15, -0.1) is 0 Å². The van der Waals surface area contributed by atoms with E-state index in [0.29, 0.717) is 11.7 Å². The van der Waals surface area contributed by atoms with Gasteiger partial charge in [0.2, 0.25) is 0 Å². The summed E-state index contributed by atoms with van der Waals surface area (Å²) in [5, 5.41) is 10.6. The number of benzene rings is 3. The van der Waals surface area contributed by atoms with Crippen molar-refractivity contribution in [2.45, 2.75) is 37.5 Å². The number of methoxy groups -OCH3 is 1. The first kappa shape index (κ1) is 21.8. The van der Waals surface area contributed by atoms with Gasteiger partial charge >= 0.3 is 0 Å². The number of rotatable bonds is 7. The first-order chi connectivity index (χ1) is 16.2. The van der Waals surface area contributed by atoms with E-state index in [9.17, 15) is 5.11 Å². The molecule has 0 radical (unpaired) electrons. The van der Waals surface area contributed by atoms with Gasteiger partial charge in [0.25, 0.3) is 0 Å². The van der Waals surface area contributed by atoms with Crippen molar-refractivity contribution in [2.24, 2.45) is 0 Å². The molecule has 5 rings (SSSR count). The number of phenolic OH excluding ortho intramolecular Hbond substituents is 1. The van der Waals surface area contributed by atoms with Crippen molar-refractivity contribution < 1.29 is 14.6 Å². The van der Waals surface area contributed by atoms with Crippen LogP contribution in [0.3, 0.4) is 0 Å². The van der Waals surface area contributed by atoms with Gasteiger partial charge in [-0.05, 0) is 91.2 Å². The Morgan fingerprint density at radius 2 is 1.70 bits per heavy atom. The summed E-state index contributed by atoms with van der Waals surface area (Å²) in [4.78, 5) is 2.47. The lowest BCUT2D eigenvalue weighted by atomic mass is 9.69. The van der Waals surface area contributed by atoms with E-state index in [1.807, 2.05) is 12.1 Å². The lowest BCUT2D eigenvalue weighted by Crippen LogP contribution is -2.25. The molecule has 0 bridgehead atoms. The van der Waals surface area contributed by atoms with E-state index < -0.39 is 0 Å². The largest absolute Gasteiger partial charge is 0.504 e. The Bertz CT molecular complexity index is 1060. The van der Waals surface area contributed by atoms with Crippen molar-refractivity contribution in [3.8, 4) is 17.2 Å². The number of aromatic hydroxyl groups is 1. The first-order valence-corrected chi connectivity index (χ1v) is 12.1. The molecule has 2 aliphatic rings. The molecule has 0 spiro atoms. The highest BCUT2D eigenvalue weighted by Gasteiger charge is 2.33. The molecule has 33 heavy (non-hydrogen) atoms. The minimum absolute atomic E-state index is 0.173. The van der Waals surface area contributed by atoms with E-state index in [1.54, 1.807) is 7.11 Å². The molecule has 1 N–H and O–H groups in total. The standard InChI is InChI=1S/C29H33NO3/c1-32-28-19-23-11-14-25(21-7-3-2-4-8-21)29(26(23)20-27(28)31)22-9-12-24(13-10-22)33-18-17-30-15-5-6-16-30/h2-4,7-10,12-13,19-20,25,29,31H,5-6,11,14-18H2,1H3/t25-,29+/m1/s1. The van der Waals surface area contributed by atoms with Gasteiger partial charge in [-0.25, -0.2) is 0 Å². The maximum Gasteiger partial charge on any atom is 0.160 e. The summed E-state index contributed by atoms with van der Waals surface area (Å²) in [6.07, 6.45) is 4.65. The Hall–Kier alpha value is -2.98. The topological polar surface area (TPSA) is 41.9 Å². The van der Waals surface area contributed by atoms with E-state index in [1.165, 1.54) is 48.2 Å². The van der Waals surface area contributed by atoms with Crippen LogP contribution >= 0.6 is 0 Å². The smallest absolute Gasteiger partial charge is 0.160 e. The van der Waals surface area contributed by atoms with E-state index >= 15 is 0 Å². The zero-order valence-corrected chi connectivity index (χ0v) is 19.4. The van der Waals surface area contributed by atoms with Crippen molar-refractivity contribution >= 4 is 0 Å². The van der Waals surface area contributed by atoms with Crippen LogP contribution in [0.25, 0.3) is 0 Å². The summed E-state index contributed by atoms with van der Waals surface area (Å²) in [5.41, 5.74) is 5.04. The van der Waals surface area contributed by atoms with Crippen molar-refractivity contribution in [2.75, 3.05) is 33.4 Å². The molecule has 0 unspecified atom stereocenters. The van der Waals surface area contributed by atoms with Crippen LogP contribution in [0.5, 0.6) is 17.2 Å². The summed E-state index contributed by atoms with van der Waals surface area (Å²) in [7, 11) is 1.61. The van der Waals surface area contributed by atoms with Crippen molar-refractivity contribution in [1.82, 2.24) is 4.90 Å². The molecule has 1 aliphatic heterocycles. The number of aryl methyl sites for hydroxylation is 1. The molecule has 0 aromatic heterocycles. The number of hydrogen-bond acceptors (Lipinski definition) is 4. The quantitative estimate of drug-likeness (QED) is 0.506. The highest BCUT2D eigenvalue weighted by atomic mass is 16.5. The van der Waals surface area contributed by atoms with E-state index in [4.69, 9.17) is 9.47 Å². The number of fused-ring (bicyclic) bond motifs is 1. The molecular weight excluding hydrogens is 410 g/mol. The van der Waals surface area contributed by atoms with Gasteiger partial charge in [-0.1, -0.05) is 42.5 Å². The lowest BCUT2D eigenvalue weighted by molar-refractivity contribution is 0.237. The molecule has 0 saturated carbocycles. The average Bonchev–Trinajstić information content (AvgIpc) is 3.38. The number of ether oxygens (including phenoxy) is 2. The molecular formula is C29H33NO3. The molecule has 1 aliphatic carbocycles. The number of nitrogens with zero attached hydrogens (tertiary/aromatic N) is 1. The summed E-state index contributed by atoms with van der Waals surface area (Å²) >= 11 is 0. The Balaban J connectivity index is 1.42. The maximum atomic E-state index is 10.6. The van der Waals surface area contributed by atoms with Crippen molar-refractivity contribution in [3.05, 3.63) is 89.0 Å². The monoisotopic (exact) mass is 443 g/mol. The number of phenols is 1. The Morgan fingerprint density at radius 1 is 0.939 bits per heavy atom. The lowest BCUT2D eigenvalue weighted by Gasteiger charge is -2.35. The molecule has 2 atom stereocenters. The highest BCUT2D eigenvalue weighted by molar-refractivity contribution is 5.53. The van der Waals surface area contributed by atoms with Crippen LogP contribution in [-0.4, -0.2) is 43.4 Å². The number of hydrogen-bond donors (Lipinski definition) is 1. The van der Waals surface area contributed by atoms with Gasteiger partial charge in [-0.3, -0.25) is 4.90 Å². The van der Waals surface area contributed by atoms with Crippen LogP contribution < -0.4 is 9.47 Å². The first-order valence-electron chi connectivity index (χ1n) is 12.1. The molecule has 1 saturated heterocycles. The van der Waals surface area contributed by atoms with E-state index in [2.05, 4.69) is 59.5 Å². The molecule has 1 heterocycles. The van der Waals surface area contributed by atoms with Crippen molar-refractivity contribution in [1.29, 1.82) is 0 Å². The van der Waals surface area contributed by atoms with E-state index in [0.717, 1.165) is 31.7 Å². The summed E-state index contributed by atoms with van der Waals surface area (Å²) < 4.78 is 11.4. The third kappa shape index (κ3) is 4.72. The Kier molecular flexibility index (Phi) is 6.54. The van der Waals surface area contributed by atoms with Crippen molar-refractivity contribution in [3.63, 3.8) is 0 Å². The predicted octanol–water partition coefficient (Wildman–Crippen LogP) is 5.74. The van der Waals surface area contributed by atoms with Crippen LogP contribution in [0.1, 0.15) is 53.4 Å². The second-order valence-corrected chi connectivity index (χ2v) is 9.22. The van der Waals surface area contributed by atoms with Crippen LogP contribution in [0.4, 0.5) is 0 Å². The summed E-state index contributed by atoms with van der Waals surface area (Å²) in [6.45, 7) is 4.12. The molecule has 3 aromatic carbocycles. The van der Waals surface area contributed by atoms with Gasteiger partial charge in [-0.2, -0.15) is 0 Å². The Morgan fingerprint density at radius 3 is 2.42 bits per heavy atom. The predicted molar refractivity (Wildman–Crippen MR) is 132 cm³/mol. The minimum Gasteiger partial charge on any atom is -0.504 e. The summed E-state index contributed by atoms with van der Waals surface area (Å²) in [5.74, 6) is 2.20. The zero-order valence-electron chi connectivity index (χ0n) is 19.4. The average molecular weight is 444 g/mol. The van der Waals surface area contributed by atoms with Crippen LogP contribution in [0.2, 0.25) is 0 Å². The second kappa shape index (κ2) is 9.88. The fraction of sp³-hybridized carbons (Fsp3) is 0.379. The molecule has 3 aromatic rings. The van der Waals surface area contributed by atoms with Crippen LogP contribution in [0.15, 0.2) is 66.7 Å². The zero-order chi connectivity index (χ0) is 22.6. The molecule has 0 amide bonds. The SMILES string of the molecule is COc1cc2c(cc1O)[C@@H](c1ccc(OCCN3CCCC3)cc1)[C@@H](c1ccccc1)CC2. The maximum absolute atomic E-state index is 10.6. The van der Waals surface area contributed by atoms with E-state index in [-0.39, 0.29) is 11.7 Å². The fourth-order valence-corrected chi connectivity index (χ4v) is 5.53. The highest BCUT2D eigenvalue weighted by Crippen LogP contribution is 2.48. The van der Waals surface area contributed by atoms with Gasteiger partial charge in [0, 0.05) is 12.5 Å². The number of likely N-dealkylation sites (tertiary alicyclic amines) is 1.